The first-order valence-electron chi connectivity index (χ1n) is 13.9. The Balaban J connectivity index is 1.38. The largest absolute Gasteiger partial charge is 0.432 e. The van der Waals surface area contributed by atoms with Crippen LogP contribution >= 0.6 is 0 Å². The van der Waals surface area contributed by atoms with Crippen LogP contribution in [0.5, 0.6) is 0 Å². The van der Waals surface area contributed by atoms with Gasteiger partial charge >= 0.3 is 0 Å². The van der Waals surface area contributed by atoms with Gasteiger partial charge in [0.25, 0.3) is 17.2 Å². The van der Waals surface area contributed by atoms with Gasteiger partial charge in [-0.3, -0.25) is 24.8 Å². The summed E-state index contributed by atoms with van der Waals surface area (Å²) in [5.41, 5.74) is 0.818. The Morgan fingerprint density at radius 2 is 1.81 bits per heavy atom. The summed E-state index contributed by atoms with van der Waals surface area (Å²) in [7, 11) is -2.89. The quantitative estimate of drug-likeness (QED) is 0.168. The van der Waals surface area contributed by atoms with Gasteiger partial charge in [-0.25, -0.2) is 4.68 Å². The highest BCUT2D eigenvalue weighted by molar-refractivity contribution is 6.71. The fourth-order valence-corrected chi connectivity index (χ4v) is 9.51. The summed E-state index contributed by atoms with van der Waals surface area (Å²) in [6, 6.07) is 18.9. The Kier molecular flexibility index (Phi) is 6.69. The van der Waals surface area contributed by atoms with Crippen molar-refractivity contribution in [1.29, 1.82) is 0 Å². The zero-order valence-corrected chi connectivity index (χ0v) is 24.5. The molecule has 1 saturated heterocycles. The molecule has 0 bridgehead atoms. The second-order valence-electron chi connectivity index (χ2n) is 11.7. The van der Waals surface area contributed by atoms with Gasteiger partial charge in [0.1, 0.15) is 0 Å². The van der Waals surface area contributed by atoms with Gasteiger partial charge in [-0.2, -0.15) is 0 Å². The van der Waals surface area contributed by atoms with Gasteiger partial charge in [-0.05, 0) is 55.4 Å². The molecule has 2 aliphatic heterocycles. The van der Waals surface area contributed by atoms with Crippen LogP contribution in [0.25, 0.3) is 16.6 Å². The number of aromatic amines is 1. The number of carbonyl (C=O) groups is 1. The number of benzene rings is 3. The lowest BCUT2D eigenvalue weighted by Crippen LogP contribution is -2.46. The molecule has 2 aliphatic rings. The molecule has 1 aromatic heterocycles. The number of nitrogens with one attached hydrogen (secondary N) is 1. The second kappa shape index (κ2) is 10.0. The van der Waals surface area contributed by atoms with Crippen LogP contribution in [0, 0.1) is 16.0 Å². The zero-order valence-electron chi connectivity index (χ0n) is 23.5. The summed E-state index contributed by atoms with van der Waals surface area (Å²) in [6.07, 6.45) is -0.346. The summed E-state index contributed by atoms with van der Waals surface area (Å²) in [5.74, 6) is -0.847. The maximum Gasteiger partial charge on any atom is 0.279 e. The second-order valence-corrected chi connectivity index (χ2v) is 15.7. The summed E-state index contributed by atoms with van der Waals surface area (Å²) in [5, 5.41) is 25.2. The molecule has 4 aromatic rings. The number of amides is 1. The SMILES string of the molecule is C[C@H]1[C@H]([Si](C)(C)O)[C@@H](CCO)O[C@]12C(=O)N(Cc1ccc(-n3[nH]c4ccccc4c3=O)cc1)c1ccc([N+](=O)[O-])cc12. The van der Waals surface area contributed by atoms with E-state index in [4.69, 9.17) is 4.74 Å². The summed E-state index contributed by atoms with van der Waals surface area (Å²) in [4.78, 5) is 51.3. The molecule has 1 fully saturated rings. The van der Waals surface area contributed by atoms with E-state index in [0.29, 0.717) is 22.3 Å². The molecule has 0 radical (unpaired) electrons. The Morgan fingerprint density at radius 3 is 2.45 bits per heavy atom. The van der Waals surface area contributed by atoms with Crippen LogP contribution in [0.3, 0.4) is 0 Å². The first kappa shape index (κ1) is 28.0. The van der Waals surface area contributed by atoms with E-state index in [9.17, 15) is 29.6 Å². The van der Waals surface area contributed by atoms with Crippen molar-refractivity contribution in [3.8, 4) is 5.69 Å². The van der Waals surface area contributed by atoms with Crippen LogP contribution in [0.4, 0.5) is 11.4 Å². The molecule has 4 atom stereocenters. The summed E-state index contributed by atoms with van der Waals surface area (Å²) >= 11 is 0. The molecule has 0 unspecified atom stereocenters. The Bertz CT molecular complexity index is 1760. The number of para-hydroxylation sites is 1. The standard InChI is InChI=1S/C30H32N4O7Si/c1-18-27(42(2,3)40)26(14-15-35)41-30(18)23-16-21(34(38)39)12-13-25(23)32(29(30)37)17-19-8-10-20(11-9-19)33-28(36)22-6-4-5-7-24(22)31-33/h4-13,16,18,26-27,31,35,40H,14-15,17H2,1-3H3/t18-,26+,27-,30+/m0/s1. The maximum absolute atomic E-state index is 14.4. The minimum Gasteiger partial charge on any atom is -0.432 e. The fraction of sp³-hybridized carbons (Fsp3) is 0.333. The molecule has 3 heterocycles. The molecule has 1 amide bonds. The van der Waals surface area contributed by atoms with Crippen molar-refractivity contribution < 1.29 is 24.4 Å². The first-order chi connectivity index (χ1) is 20.0. The van der Waals surface area contributed by atoms with E-state index in [-0.39, 0.29) is 42.3 Å². The molecular formula is C30H32N4O7Si. The van der Waals surface area contributed by atoms with Gasteiger partial charge in [-0.15, -0.1) is 0 Å². The summed E-state index contributed by atoms with van der Waals surface area (Å²) < 4.78 is 7.99. The smallest absolute Gasteiger partial charge is 0.279 e. The molecule has 42 heavy (non-hydrogen) atoms. The molecule has 218 valence electrons. The average Bonchev–Trinajstić information content (AvgIpc) is 3.53. The van der Waals surface area contributed by atoms with Crippen molar-refractivity contribution in [1.82, 2.24) is 9.78 Å². The number of ether oxygens (including phenoxy) is 1. The molecule has 0 aliphatic carbocycles. The number of carbonyl (C=O) groups excluding carboxylic acids is 1. The van der Waals surface area contributed by atoms with E-state index in [1.807, 2.05) is 37.3 Å². The van der Waals surface area contributed by atoms with Crippen LogP contribution < -0.4 is 10.5 Å². The molecule has 6 rings (SSSR count). The zero-order chi connectivity index (χ0) is 30.0. The predicted octanol–water partition coefficient (Wildman–Crippen LogP) is 3.95. The number of rotatable bonds is 7. The number of hydrogen-bond acceptors (Lipinski definition) is 7. The Labute approximate surface area is 242 Å². The number of non-ortho nitro benzene ring substituents is 1. The number of hydrogen-bond donors (Lipinski definition) is 3. The third kappa shape index (κ3) is 4.21. The highest BCUT2D eigenvalue weighted by Gasteiger charge is 2.66. The maximum atomic E-state index is 14.4. The number of aliphatic hydroxyl groups excluding tert-OH is 1. The predicted molar refractivity (Wildman–Crippen MR) is 159 cm³/mol. The normalized spacial score (nSPS) is 23.7. The topological polar surface area (TPSA) is 151 Å². The van der Waals surface area contributed by atoms with E-state index in [1.165, 1.54) is 16.8 Å². The van der Waals surface area contributed by atoms with Gasteiger partial charge in [0.05, 0.1) is 39.8 Å². The first-order valence-corrected chi connectivity index (χ1v) is 16.9. The molecule has 12 heteroatoms. The van der Waals surface area contributed by atoms with Crippen LogP contribution in [0.1, 0.15) is 24.5 Å². The summed E-state index contributed by atoms with van der Waals surface area (Å²) in [6.45, 7) is 5.40. The van der Waals surface area contributed by atoms with Crippen molar-refractivity contribution in [3.63, 3.8) is 0 Å². The molecule has 0 saturated carbocycles. The van der Waals surface area contributed by atoms with Crippen molar-refractivity contribution in [2.75, 3.05) is 11.5 Å². The minimum absolute atomic E-state index is 0.158. The number of anilines is 1. The number of aliphatic hydroxyl groups is 1. The van der Waals surface area contributed by atoms with Gasteiger partial charge < -0.3 is 19.5 Å². The van der Waals surface area contributed by atoms with Crippen molar-refractivity contribution in [3.05, 3.63) is 98.3 Å². The highest BCUT2D eigenvalue weighted by atomic mass is 28.4. The molecule has 1 spiro atoms. The monoisotopic (exact) mass is 588 g/mol. The van der Waals surface area contributed by atoms with E-state index >= 15 is 0 Å². The van der Waals surface area contributed by atoms with Gasteiger partial charge in [-0.1, -0.05) is 31.2 Å². The lowest BCUT2D eigenvalue weighted by atomic mass is 9.82. The number of aromatic nitrogens is 2. The van der Waals surface area contributed by atoms with Gasteiger partial charge in [0, 0.05) is 35.8 Å². The number of nitro benzene ring substituents is 1. The Morgan fingerprint density at radius 1 is 1.10 bits per heavy atom. The number of nitrogens with zero attached hydrogens (tertiary/aromatic N) is 3. The van der Waals surface area contributed by atoms with Gasteiger partial charge in [0.15, 0.2) is 13.9 Å². The number of nitro groups is 1. The van der Waals surface area contributed by atoms with Crippen molar-refractivity contribution in [2.24, 2.45) is 5.92 Å². The van der Waals surface area contributed by atoms with Crippen molar-refractivity contribution >= 4 is 36.5 Å². The Hall–Kier alpha value is -4.10. The minimum atomic E-state index is -2.89. The van der Waals surface area contributed by atoms with Crippen LogP contribution in [0.15, 0.2) is 71.5 Å². The number of fused-ring (bicyclic) bond motifs is 3. The van der Waals surface area contributed by atoms with Crippen LogP contribution in [-0.4, -0.2) is 51.5 Å². The fourth-order valence-electron chi connectivity index (χ4n) is 6.91. The molecule has 3 aromatic carbocycles. The third-order valence-electron chi connectivity index (χ3n) is 8.72. The van der Waals surface area contributed by atoms with Gasteiger partial charge in [0.2, 0.25) is 0 Å². The third-order valence-corrected chi connectivity index (χ3v) is 11.2. The van der Waals surface area contributed by atoms with Crippen LogP contribution in [0.2, 0.25) is 18.6 Å². The molecular weight excluding hydrogens is 556 g/mol. The van der Waals surface area contributed by atoms with E-state index < -0.39 is 30.9 Å². The lowest BCUT2D eigenvalue weighted by molar-refractivity contribution is -0.385. The van der Waals surface area contributed by atoms with E-state index in [1.54, 1.807) is 42.3 Å². The van der Waals surface area contributed by atoms with E-state index in [0.717, 1.165) is 11.1 Å². The number of H-pyrrole nitrogens is 1. The highest BCUT2D eigenvalue weighted by Crippen LogP contribution is 2.60. The molecule has 11 nitrogen and oxygen atoms in total. The molecule has 3 N–H and O–H groups in total. The van der Waals surface area contributed by atoms with Crippen molar-refractivity contribution in [2.45, 2.75) is 50.2 Å². The average molecular weight is 589 g/mol. The van der Waals surface area contributed by atoms with Crippen LogP contribution in [-0.2, 0) is 21.7 Å². The van der Waals surface area contributed by atoms with E-state index in [2.05, 4.69) is 5.10 Å². The lowest BCUT2D eigenvalue weighted by Gasteiger charge is -2.32.